The van der Waals surface area contributed by atoms with E-state index in [2.05, 4.69) is 0 Å². The normalized spacial score (nSPS) is 34.8. The Hall–Kier alpha value is -2.95. The van der Waals surface area contributed by atoms with E-state index in [1.54, 1.807) is 13.8 Å². The van der Waals surface area contributed by atoms with Crippen molar-refractivity contribution in [2.45, 2.75) is 170 Å². The van der Waals surface area contributed by atoms with Crippen LogP contribution in [0.2, 0.25) is 0 Å². The maximum atomic E-state index is 13.4. The number of hydrogen-bond donors (Lipinski definition) is 1. The lowest BCUT2D eigenvalue weighted by molar-refractivity contribution is -0.226. The fraction of sp³-hybridized carbons (Fsp3) is 0.821. The molecule has 50 heavy (non-hydrogen) atoms. The van der Waals surface area contributed by atoms with Crippen molar-refractivity contribution < 1.29 is 52.8 Å². The first kappa shape index (κ1) is 41.5. The molecule has 0 spiro atoms. The standard InChI is InChI=1S/C39H62O11/c1-11-16-27(41)46-25-21-38(9)24(20-23(8)33(45)35(47-26(40)15-5)36(38)49-29(43)18-13-3)32-31(22(6)7)34(48-28(42)17-12-2)37(39(25,32)10)50-30(44)19-14-4/h20,22,24-25,31-37,45H,11-19,21H2,1-10H3/t24-,25-,31+,32+,33-,34+,35-,36+,37-,38+,39-/m0/s1. The lowest BCUT2D eigenvalue weighted by Crippen LogP contribution is -2.63. The second kappa shape index (κ2) is 17.5. The molecule has 0 aromatic rings. The molecule has 0 aromatic heterocycles. The van der Waals surface area contributed by atoms with Crippen LogP contribution in [0.15, 0.2) is 11.6 Å². The molecule has 11 nitrogen and oxygen atoms in total. The van der Waals surface area contributed by atoms with Crippen molar-refractivity contribution in [3.63, 3.8) is 0 Å². The molecule has 3 aliphatic rings. The van der Waals surface area contributed by atoms with Gasteiger partial charge in [0.1, 0.15) is 30.5 Å². The second-order valence-corrected chi connectivity index (χ2v) is 15.4. The number of ether oxygens (including phenoxy) is 5. The molecule has 0 radical (unpaired) electrons. The zero-order chi connectivity index (χ0) is 37.6. The van der Waals surface area contributed by atoms with Crippen molar-refractivity contribution in [3.8, 4) is 0 Å². The molecule has 2 fully saturated rings. The fourth-order valence-corrected chi connectivity index (χ4v) is 8.84. The molecule has 0 heterocycles. The predicted octanol–water partition coefficient (Wildman–Crippen LogP) is 6.41. The minimum atomic E-state index is -1.30. The SMILES string of the molecule is CCCC(=O)O[C@@H]1[C@H](C(C)C)[C@H]2[C@@H]3C=C(C)[C@H](O)[C@H](OC(=O)CC)[C@@H](OC(=O)CCC)[C@]3(C)C[C@H](OC(=O)CCC)[C@]2(C)[C@H]1OC(=O)CCC. The summed E-state index contributed by atoms with van der Waals surface area (Å²) in [5, 5.41) is 11.8. The molecule has 0 aromatic carbocycles. The molecule has 0 amide bonds. The van der Waals surface area contributed by atoms with Gasteiger partial charge in [0.05, 0.1) is 0 Å². The monoisotopic (exact) mass is 706 g/mol. The van der Waals surface area contributed by atoms with Crippen LogP contribution in [0.1, 0.15) is 133 Å². The minimum absolute atomic E-state index is 0.0464. The van der Waals surface area contributed by atoms with Crippen molar-refractivity contribution in [3.05, 3.63) is 11.6 Å². The Labute approximate surface area is 298 Å². The van der Waals surface area contributed by atoms with E-state index in [0.29, 0.717) is 31.3 Å². The first-order valence-corrected chi connectivity index (χ1v) is 18.9. The molecule has 11 atom stereocenters. The number of allylic oxidation sites excluding steroid dienone is 1. The quantitative estimate of drug-likeness (QED) is 0.114. The van der Waals surface area contributed by atoms with Crippen LogP contribution in [0.25, 0.3) is 0 Å². The molecule has 0 unspecified atom stereocenters. The zero-order valence-electron chi connectivity index (χ0n) is 32.0. The number of aliphatic hydroxyl groups excluding tert-OH is 1. The smallest absolute Gasteiger partial charge is 0.306 e. The van der Waals surface area contributed by atoms with Gasteiger partial charge >= 0.3 is 29.8 Å². The van der Waals surface area contributed by atoms with Crippen molar-refractivity contribution in [1.82, 2.24) is 0 Å². The van der Waals surface area contributed by atoms with Crippen molar-refractivity contribution in [2.75, 3.05) is 0 Å². The summed E-state index contributed by atoms with van der Waals surface area (Å²) in [6.07, 6.45) is -1.42. The van der Waals surface area contributed by atoms with Crippen LogP contribution in [0.4, 0.5) is 0 Å². The van der Waals surface area contributed by atoms with Gasteiger partial charge < -0.3 is 28.8 Å². The number of fused-ring (bicyclic) bond motifs is 3. The largest absolute Gasteiger partial charge is 0.462 e. The van der Waals surface area contributed by atoms with Gasteiger partial charge in [-0.3, -0.25) is 24.0 Å². The molecule has 0 bridgehead atoms. The highest BCUT2D eigenvalue weighted by Gasteiger charge is 2.74. The summed E-state index contributed by atoms with van der Waals surface area (Å²) < 4.78 is 31.2. The number of carbonyl (C=O) groups excluding carboxylic acids is 5. The molecule has 1 N–H and O–H groups in total. The molecule has 0 saturated heterocycles. The van der Waals surface area contributed by atoms with E-state index >= 15 is 0 Å². The molecule has 0 aliphatic heterocycles. The van der Waals surface area contributed by atoms with Gasteiger partial charge in [0.25, 0.3) is 0 Å². The van der Waals surface area contributed by atoms with E-state index in [4.69, 9.17) is 23.7 Å². The summed E-state index contributed by atoms with van der Waals surface area (Å²) >= 11 is 0. The van der Waals surface area contributed by atoms with Crippen LogP contribution in [0.5, 0.6) is 0 Å². The van der Waals surface area contributed by atoms with Crippen LogP contribution in [0, 0.1) is 34.5 Å². The topological polar surface area (TPSA) is 152 Å². The molecule has 2 saturated carbocycles. The maximum absolute atomic E-state index is 13.4. The third kappa shape index (κ3) is 8.39. The van der Waals surface area contributed by atoms with Crippen molar-refractivity contribution in [1.29, 1.82) is 0 Å². The number of aliphatic hydroxyl groups is 1. The fourth-order valence-electron chi connectivity index (χ4n) is 8.84. The summed E-state index contributed by atoms with van der Waals surface area (Å²) in [6.45, 7) is 18.8. The van der Waals surface area contributed by atoms with Crippen LogP contribution >= 0.6 is 0 Å². The number of hydrogen-bond acceptors (Lipinski definition) is 11. The van der Waals surface area contributed by atoms with Gasteiger partial charge in [-0.2, -0.15) is 0 Å². The van der Waals surface area contributed by atoms with E-state index < -0.39 is 95.1 Å². The molecule has 3 rings (SSSR count). The van der Waals surface area contributed by atoms with E-state index in [0.717, 1.165) is 0 Å². The molecule has 11 heteroatoms. The summed E-state index contributed by atoms with van der Waals surface area (Å²) in [5.41, 5.74) is -1.60. The van der Waals surface area contributed by atoms with E-state index in [1.165, 1.54) is 0 Å². The Morgan fingerprint density at radius 1 is 0.720 bits per heavy atom. The predicted molar refractivity (Wildman–Crippen MR) is 185 cm³/mol. The zero-order valence-corrected chi connectivity index (χ0v) is 32.0. The molecule has 284 valence electrons. The molecular weight excluding hydrogens is 644 g/mol. The Balaban J connectivity index is 2.41. The second-order valence-electron chi connectivity index (χ2n) is 15.4. The summed E-state index contributed by atoms with van der Waals surface area (Å²) in [4.78, 5) is 66.3. The lowest BCUT2D eigenvalue weighted by Gasteiger charge is -2.58. The van der Waals surface area contributed by atoms with E-state index in [-0.39, 0.29) is 44.4 Å². The Morgan fingerprint density at radius 3 is 1.66 bits per heavy atom. The number of carbonyl (C=O) groups is 5. The Kier molecular flexibility index (Phi) is 14.5. The van der Waals surface area contributed by atoms with Crippen LogP contribution in [-0.2, 0) is 47.7 Å². The van der Waals surface area contributed by atoms with Crippen LogP contribution < -0.4 is 0 Å². The molecule has 3 aliphatic carbocycles. The summed E-state index contributed by atoms with van der Waals surface area (Å²) in [5.74, 6) is -3.80. The number of esters is 5. The van der Waals surface area contributed by atoms with E-state index in [9.17, 15) is 29.1 Å². The van der Waals surface area contributed by atoms with Gasteiger partial charge in [0, 0.05) is 48.9 Å². The van der Waals surface area contributed by atoms with Crippen LogP contribution in [0.3, 0.4) is 0 Å². The first-order chi connectivity index (χ1) is 23.5. The Morgan fingerprint density at radius 2 is 1.18 bits per heavy atom. The highest BCUT2D eigenvalue weighted by molar-refractivity contribution is 5.72. The van der Waals surface area contributed by atoms with E-state index in [1.807, 2.05) is 61.5 Å². The van der Waals surface area contributed by atoms with Gasteiger partial charge in [-0.05, 0) is 62.4 Å². The van der Waals surface area contributed by atoms with Gasteiger partial charge in [0.15, 0.2) is 6.10 Å². The average Bonchev–Trinajstić information content (AvgIpc) is 3.24. The molecular formula is C39H62O11. The van der Waals surface area contributed by atoms with Gasteiger partial charge in [-0.15, -0.1) is 0 Å². The minimum Gasteiger partial charge on any atom is -0.462 e. The average molecular weight is 707 g/mol. The van der Waals surface area contributed by atoms with Gasteiger partial charge in [-0.1, -0.05) is 68.4 Å². The highest BCUT2D eigenvalue weighted by atomic mass is 16.6. The van der Waals surface area contributed by atoms with Crippen molar-refractivity contribution in [2.24, 2.45) is 34.5 Å². The third-order valence-electron chi connectivity index (χ3n) is 11.3. The van der Waals surface area contributed by atoms with Crippen molar-refractivity contribution >= 4 is 29.8 Å². The first-order valence-electron chi connectivity index (χ1n) is 18.9. The lowest BCUT2D eigenvalue weighted by atomic mass is 9.49. The third-order valence-corrected chi connectivity index (χ3v) is 11.3. The van der Waals surface area contributed by atoms with Gasteiger partial charge in [0.2, 0.25) is 0 Å². The maximum Gasteiger partial charge on any atom is 0.306 e. The highest BCUT2D eigenvalue weighted by Crippen LogP contribution is 2.67. The van der Waals surface area contributed by atoms with Gasteiger partial charge in [-0.25, -0.2) is 0 Å². The summed E-state index contributed by atoms with van der Waals surface area (Å²) in [6, 6.07) is 0. The number of rotatable bonds is 15. The Bertz CT molecular complexity index is 1260. The van der Waals surface area contributed by atoms with Crippen LogP contribution in [-0.4, -0.2) is 71.6 Å². The summed E-state index contributed by atoms with van der Waals surface area (Å²) in [7, 11) is 0.